The lowest BCUT2D eigenvalue weighted by Gasteiger charge is -2.28. The predicted octanol–water partition coefficient (Wildman–Crippen LogP) is 2.38. The van der Waals surface area contributed by atoms with Crippen LogP contribution in [0.4, 0.5) is 0 Å². The lowest BCUT2D eigenvalue weighted by Crippen LogP contribution is -2.36. The topological polar surface area (TPSA) is 72.0 Å². The lowest BCUT2D eigenvalue weighted by molar-refractivity contribution is 0.176. The molecule has 0 bridgehead atoms. The summed E-state index contributed by atoms with van der Waals surface area (Å²) >= 11 is 0. The fourth-order valence-electron chi connectivity index (χ4n) is 4.39. The maximum atomic E-state index is 5.40. The Morgan fingerprint density at radius 2 is 2.15 bits per heavy atom. The van der Waals surface area contributed by atoms with Crippen LogP contribution in [0.5, 0.6) is 0 Å². The van der Waals surface area contributed by atoms with E-state index in [1.807, 2.05) is 6.20 Å². The highest BCUT2D eigenvalue weighted by Crippen LogP contribution is 2.56. The molecule has 7 heteroatoms. The van der Waals surface area contributed by atoms with Crippen LogP contribution in [0, 0.1) is 5.41 Å². The van der Waals surface area contributed by atoms with Crippen LogP contribution in [0.2, 0.25) is 0 Å². The third kappa shape index (κ3) is 3.55. The van der Waals surface area contributed by atoms with Gasteiger partial charge in [-0.25, -0.2) is 4.98 Å². The van der Waals surface area contributed by atoms with Gasteiger partial charge in [0, 0.05) is 31.4 Å². The molecule has 2 fully saturated rings. The van der Waals surface area contributed by atoms with Crippen LogP contribution in [0.15, 0.2) is 16.9 Å². The molecule has 1 aliphatic heterocycles. The Hall–Kier alpha value is -1.73. The first-order valence-corrected chi connectivity index (χ1v) is 10.0. The zero-order valence-corrected chi connectivity index (χ0v) is 15.9. The Kier molecular flexibility index (Phi) is 5.09. The van der Waals surface area contributed by atoms with Crippen molar-refractivity contribution in [2.45, 2.75) is 71.6 Å². The number of hydrogen-bond donors (Lipinski definition) is 1. The largest absolute Gasteiger partial charge is 0.339 e. The monoisotopic (exact) mass is 358 g/mol. The normalized spacial score (nSPS) is 21.6. The van der Waals surface area contributed by atoms with E-state index in [1.54, 1.807) is 0 Å². The van der Waals surface area contributed by atoms with Gasteiger partial charge in [0.05, 0.1) is 13.1 Å². The summed E-state index contributed by atoms with van der Waals surface area (Å²) in [6.45, 7) is 9.10. The Morgan fingerprint density at radius 1 is 1.31 bits per heavy atom. The van der Waals surface area contributed by atoms with Crippen molar-refractivity contribution in [2.24, 2.45) is 5.41 Å². The van der Waals surface area contributed by atoms with Gasteiger partial charge in [-0.15, -0.1) is 0 Å². The summed E-state index contributed by atoms with van der Waals surface area (Å²) in [6.07, 6.45) is 9.66. The third-order valence-electron chi connectivity index (χ3n) is 5.99. The highest BCUT2D eigenvalue weighted by atomic mass is 16.5. The molecule has 2 aliphatic rings. The van der Waals surface area contributed by atoms with E-state index in [1.165, 1.54) is 19.3 Å². The second-order valence-corrected chi connectivity index (χ2v) is 7.72. The van der Waals surface area contributed by atoms with Gasteiger partial charge in [0.15, 0.2) is 5.82 Å². The number of imidazole rings is 1. The predicted molar refractivity (Wildman–Crippen MR) is 98.4 cm³/mol. The van der Waals surface area contributed by atoms with Gasteiger partial charge >= 0.3 is 0 Å². The molecule has 26 heavy (non-hydrogen) atoms. The number of rotatable bonds is 8. The van der Waals surface area contributed by atoms with Crippen molar-refractivity contribution in [3.8, 4) is 0 Å². The molecule has 1 N–H and O–H groups in total. The van der Waals surface area contributed by atoms with Crippen LogP contribution in [-0.2, 0) is 26.1 Å². The minimum atomic E-state index is 0.477. The summed E-state index contributed by atoms with van der Waals surface area (Å²) in [7, 11) is 0. The van der Waals surface area contributed by atoms with Crippen molar-refractivity contribution in [1.82, 2.24) is 29.9 Å². The molecule has 7 nitrogen and oxygen atoms in total. The van der Waals surface area contributed by atoms with Crippen LogP contribution in [0.25, 0.3) is 0 Å². The van der Waals surface area contributed by atoms with E-state index in [4.69, 9.17) is 4.52 Å². The molecule has 1 spiro atoms. The van der Waals surface area contributed by atoms with Gasteiger partial charge < -0.3 is 14.4 Å². The number of nitrogens with one attached hydrogen (secondary N) is 1. The number of aryl methyl sites for hydroxylation is 2. The molecule has 4 rings (SSSR count). The van der Waals surface area contributed by atoms with Gasteiger partial charge in [-0.3, -0.25) is 4.90 Å². The Labute approximate surface area is 155 Å². The fraction of sp³-hybridized carbons (Fsp3) is 0.737. The van der Waals surface area contributed by atoms with Crippen molar-refractivity contribution < 1.29 is 4.52 Å². The first-order chi connectivity index (χ1) is 12.7. The average molecular weight is 358 g/mol. The van der Waals surface area contributed by atoms with Crippen LogP contribution in [0.1, 0.15) is 57.1 Å². The SMILES string of the molecule is CCCc1nc(CN(Cc2nccn2CC)C2CC23CCNCC3)no1. The number of hydrogen-bond acceptors (Lipinski definition) is 6. The van der Waals surface area contributed by atoms with Gasteiger partial charge in [0.1, 0.15) is 5.82 Å². The lowest BCUT2D eigenvalue weighted by atomic mass is 9.93. The van der Waals surface area contributed by atoms with E-state index < -0.39 is 0 Å². The highest BCUT2D eigenvalue weighted by Gasteiger charge is 2.56. The van der Waals surface area contributed by atoms with Gasteiger partial charge in [-0.05, 0) is 51.1 Å². The second kappa shape index (κ2) is 7.48. The van der Waals surface area contributed by atoms with E-state index in [9.17, 15) is 0 Å². The van der Waals surface area contributed by atoms with Crippen molar-refractivity contribution in [3.63, 3.8) is 0 Å². The van der Waals surface area contributed by atoms with Crippen LogP contribution in [0.3, 0.4) is 0 Å². The van der Waals surface area contributed by atoms with Gasteiger partial charge in [0.2, 0.25) is 5.89 Å². The first kappa shape index (κ1) is 17.7. The molecular weight excluding hydrogens is 328 g/mol. The molecule has 1 unspecified atom stereocenters. The summed E-state index contributed by atoms with van der Waals surface area (Å²) < 4.78 is 7.63. The molecule has 0 aromatic carbocycles. The number of nitrogens with zero attached hydrogens (tertiary/aromatic N) is 5. The zero-order valence-electron chi connectivity index (χ0n) is 15.9. The third-order valence-corrected chi connectivity index (χ3v) is 5.99. The van der Waals surface area contributed by atoms with Gasteiger partial charge in [-0.2, -0.15) is 4.98 Å². The van der Waals surface area contributed by atoms with E-state index in [0.717, 1.165) is 63.1 Å². The summed E-state index contributed by atoms with van der Waals surface area (Å²) in [5.74, 6) is 2.68. The minimum absolute atomic E-state index is 0.477. The standard InChI is InChI=1S/C19H30N6O/c1-3-5-18-22-16(23-26-18)13-25(14-17-21-10-11-24(17)4-2)15-12-19(15)6-8-20-9-7-19/h10-11,15,20H,3-9,12-14H2,1-2H3. The molecule has 2 aromatic heterocycles. The van der Waals surface area contributed by atoms with E-state index in [2.05, 4.69) is 50.0 Å². The minimum Gasteiger partial charge on any atom is -0.339 e. The quantitative estimate of drug-likeness (QED) is 0.781. The van der Waals surface area contributed by atoms with Crippen molar-refractivity contribution in [3.05, 3.63) is 29.9 Å². The highest BCUT2D eigenvalue weighted by molar-refractivity contribution is 5.11. The Bertz CT molecular complexity index is 717. The van der Waals surface area contributed by atoms with E-state index in [-0.39, 0.29) is 0 Å². The molecule has 0 radical (unpaired) electrons. The second-order valence-electron chi connectivity index (χ2n) is 7.72. The number of aromatic nitrogens is 4. The summed E-state index contributed by atoms with van der Waals surface area (Å²) in [5, 5.41) is 7.72. The first-order valence-electron chi connectivity index (χ1n) is 10.0. The molecule has 0 amide bonds. The summed E-state index contributed by atoms with van der Waals surface area (Å²) in [5.41, 5.74) is 0.477. The van der Waals surface area contributed by atoms with Crippen LogP contribution >= 0.6 is 0 Å². The Morgan fingerprint density at radius 3 is 2.92 bits per heavy atom. The van der Waals surface area contributed by atoms with Crippen molar-refractivity contribution >= 4 is 0 Å². The molecule has 1 aliphatic carbocycles. The zero-order chi connectivity index (χ0) is 18.0. The number of piperidine rings is 1. The molecule has 1 saturated heterocycles. The van der Waals surface area contributed by atoms with Crippen molar-refractivity contribution in [2.75, 3.05) is 13.1 Å². The molecule has 142 valence electrons. The van der Waals surface area contributed by atoms with Crippen molar-refractivity contribution in [1.29, 1.82) is 0 Å². The maximum Gasteiger partial charge on any atom is 0.226 e. The smallest absolute Gasteiger partial charge is 0.226 e. The molecule has 3 heterocycles. The fourth-order valence-corrected chi connectivity index (χ4v) is 4.39. The summed E-state index contributed by atoms with van der Waals surface area (Å²) in [6, 6.07) is 0.597. The van der Waals surface area contributed by atoms with Gasteiger partial charge in [0.25, 0.3) is 0 Å². The molecule has 2 aromatic rings. The molecular formula is C19H30N6O. The summed E-state index contributed by atoms with van der Waals surface area (Å²) in [4.78, 5) is 11.7. The Balaban J connectivity index is 1.51. The van der Waals surface area contributed by atoms with Crippen LogP contribution in [-0.4, -0.2) is 43.7 Å². The van der Waals surface area contributed by atoms with Crippen LogP contribution < -0.4 is 5.32 Å². The maximum absolute atomic E-state index is 5.40. The van der Waals surface area contributed by atoms with E-state index >= 15 is 0 Å². The molecule has 1 atom stereocenters. The average Bonchev–Trinajstić information content (AvgIpc) is 3.01. The molecule has 1 saturated carbocycles. The van der Waals surface area contributed by atoms with E-state index in [0.29, 0.717) is 11.5 Å². The van der Waals surface area contributed by atoms with Gasteiger partial charge in [-0.1, -0.05) is 12.1 Å².